The van der Waals surface area contributed by atoms with Gasteiger partial charge in [0.15, 0.2) is 0 Å². The molecule has 0 radical (unpaired) electrons. The molecule has 27 heavy (non-hydrogen) atoms. The fraction of sp³-hybridized carbons (Fsp3) is 0.556. The first-order chi connectivity index (χ1) is 12.8. The molecule has 1 saturated carbocycles. The number of sulfonamides is 1. The Morgan fingerprint density at radius 1 is 1.26 bits per heavy atom. The van der Waals surface area contributed by atoms with Crippen molar-refractivity contribution in [3.8, 4) is 0 Å². The van der Waals surface area contributed by atoms with Crippen LogP contribution in [-0.2, 0) is 14.8 Å². The van der Waals surface area contributed by atoms with Gasteiger partial charge in [0.25, 0.3) is 5.91 Å². The summed E-state index contributed by atoms with van der Waals surface area (Å²) in [7, 11) is -3.65. The van der Waals surface area contributed by atoms with E-state index in [0.717, 1.165) is 12.8 Å². The predicted molar refractivity (Wildman–Crippen MR) is 103 cm³/mol. The Hall–Kier alpha value is -1.97. The van der Waals surface area contributed by atoms with Crippen molar-refractivity contribution in [2.75, 3.05) is 26.2 Å². The number of benzene rings is 1. The summed E-state index contributed by atoms with van der Waals surface area (Å²) >= 11 is 0. The summed E-state index contributed by atoms with van der Waals surface area (Å²) in [6.07, 6.45) is 2.12. The molecule has 0 aromatic heterocycles. The summed E-state index contributed by atoms with van der Waals surface area (Å²) in [6, 6.07) is 5.76. The minimum atomic E-state index is -3.65. The first kappa shape index (κ1) is 21.3. The Morgan fingerprint density at radius 2 is 1.93 bits per heavy atom. The van der Waals surface area contributed by atoms with Crippen molar-refractivity contribution in [2.45, 2.75) is 37.6 Å². The van der Waals surface area contributed by atoms with E-state index >= 15 is 0 Å². The average Bonchev–Trinajstić information content (AvgIpc) is 3.50. The van der Waals surface area contributed by atoms with Gasteiger partial charge in [-0.3, -0.25) is 9.59 Å². The van der Waals surface area contributed by atoms with Gasteiger partial charge in [-0.1, -0.05) is 19.9 Å². The molecule has 1 unspecified atom stereocenters. The first-order valence-electron chi connectivity index (χ1n) is 9.21. The first-order valence-corrected chi connectivity index (χ1v) is 10.6. The zero-order valence-corrected chi connectivity index (χ0v) is 16.6. The lowest BCUT2D eigenvalue weighted by Crippen LogP contribution is -2.46. The monoisotopic (exact) mass is 396 g/mol. The molecule has 9 heteroatoms. The molecule has 1 aliphatic rings. The topological polar surface area (TPSA) is 122 Å². The van der Waals surface area contributed by atoms with Crippen LogP contribution in [0.25, 0.3) is 0 Å². The lowest BCUT2D eigenvalue weighted by molar-refractivity contribution is -0.120. The molecule has 0 heterocycles. The van der Waals surface area contributed by atoms with Crippen LogP contribution in [0.3, 0.4) is 0 Å². The maximum absolute atomic E-state index is 12.6. The molecule has 0 aliphatic heterocycles. The molecule has 1 atom stereocenters. The number of carbonyl (C=O) groups excluding carboxylic acids is 2. The molecule has 0 bridgehead atoms. The highest BCUT2D eigenvalue weighted by Crippen LogP contribution is 2.32. The minimum Gasteiger partial charge on any atom is -0.350 e. The van der Waals surface area contributed by atoms with Gasteiger partial charge in [0.2, 0.25) is 15.9 Å². The fourth-order valence-electron chi connectivity index (χ4n) is 2.90. The van der Waals surface area contributed by atoms with Gasteiger partial charge in [0.1, 0.15) is 0 Å². The van der Waals surface area contributed by atoms with E-state index in [1.165, 1.54) is 28.6 Å². The number of nitrogens with zero attached hydrogens (tertiary/aromatic N) is 1. The molecule has 0 saturated heterocycles. The second kappa shape index (κ2) is 9.29. The zero-order valence-electron chi connectivity index (χ0n) is 15.8. The summed E-state index contributed by atoms with van der Waals surface area (Å²) < 4.78 is 26.5. The number of nitrogens with two attached hydrogens (primary N) is 1. The third-order valence-electron chi connectivity index (χ3n) is 4.64. The molecule has 2 rings (SSSR count). The van der Waals surface area contributed by atoms with E-state index in [4.69, 9.17) is 5.73 Å². The third-order valence-corrected chi connectivity index (χ3v) is 6.69. The maximum Gasteiger partial charge on any atom is 0.251 e. The summed E-state index contributed by atoms with van der Waals surface area (Å²) in [5.41, 5.74) is 5.84. The van der Waals surface area contributed by atoms with Crippen LogP contribution in [0, 0.1) is 5.92 Å². The molecule has 8 nitrogen and oxygen atoms in total. The van der Waals surface area contributed by atoms with Crippen molar-refractivity contribution in [3.63, 3.8) is 0 Å². The molecule has 1 aromatic rings. The van der Waals surface area contributed by atoms with E-state index in [0.29, 0.717) is 25.6 Å². The Bertz CT molecular complexity index is 773. The molecule has 1 aliphatic carbocycles. The van der Waals surface area contributed by atoms with Crippen LogP contribution in [-0.4, -0.2) is 56.8 Å². The maximum atomic E-state index is 12.6. The van der Waals surface area contributed by atoms with Crippen molar-refractivity contribution in [1.29, 1.82) is 0 Å². The molecular weight excluding hydrogens is 368 g/mol. The summed E-state index contributed by atoms with van der Waals surface area (Å²) in [4.78, 5) is 24.4. The van der Waals surface area contributed by atoms with Gasteiger partial charge in [0, 0.05) is 31.2 Å². The van der Waals surface area contributed by atoms with Gasteiger partial charge < -0.3 is 16.4 Å². The largest absolute Gasteiger partial charge is 0.350 e. The normalized spacial score (nSPS) is 15.4. The van der Waals surface area contributed by atoms with E-state index < -0.39 is 15.9 Å². The molecule has 150 valence electrons. The Labute approximate surface area is 160 Å². The van der Waals surface area contributed by atoms with Gasteiger partial charge >= 0.3 is 0 Å². The Kier molecular flexibility index (Phi) is 7.34. The van der Waals surface area contributed by atoms with E-state index in [1.54, 1.807) is 13.8 Å². The van der Waals surface area contributed by atoms with Crippen molar-refractivity contribution in [1.82, 2.24) is 14.9 Å². The minimum absolute atomic E-state index is 0.0558. The van der Waals surface area contributed by atoms with Gasteiger partial charge in [-0.2, -0.15) is 4.31 Å². The van der Waals surface area contributed by atoms with Gasteiger partial charge in [-0.25, -0.2) is 8.42 Å². The number of hydrogen-bond acceptors (Lipinski definition) is 5. The smallest absolute Gasteiger partial charge is 0.251 e. The van der Waals surface area contributed by atoms with E-state index in [9.17, 15) is 18.0 Å². The van der Waals surface area contributed by atoms with E-state index in [1.807, 2.05) is 0 Å². The van der Waals surface area contributed by atoms with Crippen molar-refractivity contribution in [3.05, 3.63) is 29.8 Å². The predicted octanol–water partition coefficient (Wildman–Crippen LogP) is 0.300. The highest BCUT2D eigenvalue weighted by Gasteiger charge is 2.31. The van der Waals surface area contributed by atoms with Crippen molar-refractivity contribution < 1.29 is 18.0 Å². The van der Waals surface area contributed by atoms with Crippen LogP contribution in [0.15, 0.2) is 29.2 Å². The summed E-state index contributed by atoms with van der Waals surface area (Å²) in [5, 5.41) is 5.34. The molecule has 1 fully saturated rings. The molecular formula is C18H28N4O4S. The molecule has 4 N–H and O–H groups in total. The lowest BCUT2D eigenvalue weighted by atomic mass is 10.2. The number of amides is 2. The average molecular weight is 397 g/mol. The number of nitrogens with one attached hydrogen (secondary N) is 2. The standard InChI is InChI=1S/C18H28N4O4S/c1-3-22(4-2)27(25,26)15-7-5-6-14(10-15)18(24)20-12-17(23)21-16(11-19)13-8-9-13/h5-7,10,13,16H,3-4,8-9,11-12,19H2,1-2H3,(H,20,24)(H,21,23). The lowest BCUT2D eigenvalue weighted by Gasteiger charge is -2.19. The van der Waals surface area contributed by atoms with Crippen molar-refractivity contribution >= 4 is 21.8 Å². The Morgan fingerprint density at radius 3 is 2.48 bits per heavy atom. The highest BCUT2D eigenvalue weighted by molar-refractivity contribution is 7.89. The van der Waals surface area contributed by atoms with Crippen molar-refractivity contribution in [2.24, 2.45) is 11.7 Å². The van der Waals surface area contributed by atoms with Crippen LogP contribution in [0.2, 0.25) is 0 Å². The van der Waals surface area contributed by atoms with Gasteiger partial charge in [0.05, 0.1) is 11.4 Å². The highest BCUT2D eigenvalue weighted by atomic mass is 32.2. The summed E-state index contributed by atoms with van der Waals surface area (Å²) in [5.74, 6) is -0.383. The molecule has 0 spiro atoms. The van der Waals surface area contributed by atoms with E-state index in [2.05, 4.69) is 10.6 Å². The zero-order chi connectivity index (χ0) is 20.0. The van der Waals surface area contributed by atoms with E-state index in [-0.39, 0.29) is 29.0 Å². The van der Waals surface area contributed by atoms with Crippen LogP contribution < -0.4 is 16.4 Å². The molecule has 1 aromatic carbocycles. The quantitative estimate of drug-likeness (QED) is 0.525. The second-order valence-corrected chi connectivity index (χ2v) is 8.48. The number of rotatable bonds is 10. The van der Waals surface area contributed by atoms with Crippen LogP contribution in [0.1, 0.15) is 37.0 Å². The van der Waals surface area contributed by atoms with Gasteiger partial charge in [-0.05, 0) is 37.0 Å². The van der Waals surface area contributed by atoms with Crippen LogP contribution in [0.5, 0.6) is 0 Å². The SMILES string of the molecule is CCN(CC)S(=O)(=O)c1cccc(C(=O)NCC(=O)NC(CN)C2CC2)c1. The number of hydrogen-bond donors (Lipinski definition) is 3. The molecule has 2 amide bonds. The van der Waals surface area contributed by atoms with Crippen LogP contribution >= 0.6 is 0 Å². The number of carbonyl (C=O) groups is 2. The second-order valence-electron chi connectivity index (χ2n) is 6.55. The van der Waals surface area contributed by atoms with Gasteiger partial charge in [-0.15, -0.1) is 0 Å². The fourth-order valence-corrected chi connectivity index (χ4v) is 4.40. The third kappa shape index (κ3) is 5.50. The van der Waals surface area contributed by atoms with Crippen LogP contribution in [0.4, 0.5) is 0 Å². The Balaban J connectivity index is 1.99. The summed E-state index contributed by atoms with van der Waals surface area (Å²) in [6.45, 7) is 4.39.